The van der Waals surface area contributed by atoms with E-state index in [1.807, 2.05) is 68.6 Å². The smallest absolute Gasteiger partial charge is 0.216 e. The van der Waals surface area contributed by atoms with Crippen molar-refractivity contribution < 1.29 is 13.4 Å². The van der Waals surface area contributed by atoms with E-state index in [-0.39, 0.29) is 5.82 Å². The van der Waals surface area contributed by atoms with Gasteiger partial charge in [-0.2, -0.15) is 4.57 Å². The van der Waals surface area contributed by atoms with Gasteiger partial charge < -0.3 is 4.42 Å². The van der Waals surface area contributed by atoms with Gasteiger partial charge in [0, 0.05) is 16.8 Å². The second-order valence-electron chi connectivity index (χ2n) is 7.42. The monoisotopic (exact) mass is 393 g/mol. The van der Waals surface area contributed by atoms with Gasteiger partial charge in [0.15, 0.2) is 11.5 Å². The molecule has 3 nitrogen and oxygen atoms in total. The molecule has 0 fully saturated rings. The fourth-order valence-corrected chi connectivity index (χ4v) is 4.07. The number of hydrogen-bond acceptors (Lipinski definition) is 1. The Labute approximate surface area is 173 Å². The minimum Gasteiger partial charge on any atom is -0.455 e. The van der Waals surface area contributed by atoms with E-state index in [1.54, 1.807) is 10.6 Å². The first-order valence-corrected chi connectivity index (χ1v) is 9.65. The maximum Gasteiger partial charge on any atom is 0.216 e. The molecule has 0 amide bonds. The molecule has 0 radical (unpaired) electrons. The first kappa shape index (κ1) is 18.1. The van der Waals surface area contributed by atoms with Crippen LogP contribution in [0, 0.1) is 19.3 Å². The first-order valence-electron chi connectivity index (χ1n) is 9.65. The quantitative estimate of drug-likeness (QED) is 0.240. The summed E-state index contributed by atoms with van der Waals surface area (Å²) in [6.07, 6.45) is 1.46. The standard InChI is InChI=1S/C26H18FN2O/c1-16-9-11-19-21-13-22(28-2)20(17-7-5-4-6-8-17)14-24(21)30-26(19)25(16)23-12-10-18(27)15-29(23)3/h4-15H,1,3H3/q+1. The zero-order valence-electron chi connectivity index (χ0n) is 16.6. The van der Waals surface area contributed by atoms with Crippen molar-refractivity contribution in [3.63, 3.8) is 0 Å². The van der Waals surface area contributed by atoms with Crippen LogP contribution in [0.25, 0.3) is 49.2 Å². The van der Waals surface area contributed by atoms with Crippen LogP contribution in [0.2, 0.25) is 0 Å². The average Bonchev–Trinajstić information content (AvgIpc) is 3.11. The number of benzene rings is 3. The molecule has 0 N–H and O–H groups in total. The van der Waals surface area contributed by atoms with Gasteiger partial charge in [0.05, 0.1) is 12.1 Å². The molecule has 3 aromatic carbocycles. The van der Waals surface area contributed by atoms with E-state index >= 15 is 0 Å². The number of aryl methyl sites for hydroxylation is 2. The Balaban J connectivity index is 1.85. The zero-order valence-corrected chi connectivity index (χ0v) is 16.6. The molecule has 0 aliphatic carbocycles. The third-order valence-corrected chi connectivity index (χ3v) is 5.52. The lowest BCUT2D eigenvalue weighted by Crippen LogP contribution is -2.31. The molecule has 0 atom stereocenters. The Morgan fingerprint density at radius 3 is 2.50 bits per heavy atom. The number of halogens is 1. The molecule has 30 heavy (non-hydrogen) atoms. The van der Waals surface area contributed by atoms with Crippen molar-refractivity contribution in [3.05, 3.63) is 95.7 Å². The summed E-state index contributed by atoms with van der Waals surface area (Å²) in [5.41, 5.74) is 6.73. The maximum atomic E-state index is 13.7. The summed E-state index contributed by atoms with van der Waals surface area (Å²) >= 11 is 0. The molecule has 4 heteroatoms. The molecule has 2 heterocycles. The number of pyridine rings is 1. The molecule has 5 rings (SSSR count). The highest BCUT2D eigenvalue weighted by molar-refractivity contribution is 6.12. The van der Waals surface area contributed by atoms with Gasteiger partial charge in [-0.15, -0.1) is 0 Å². The SMILES string of the molecule is [C-]#[N+]c1cc2c(cc1-c1ccccc1)oc1c(-c3ccc(F)c[n+]3C)c(C)ccc12. The summed E-state index contributed by atoms with van der Waals surface area (Å²) in [5.74, 6) is -0.287. The van der Waals surface area contributed by atoms with Gasteiger partial charge in [-0.1, -0.05) is 42.5 Å². The third-order valence-electron chi connectivity index (χ3n) is 5.52. The van der Waals surface area contributed by atoms with Crippen molar-refractivity contribution >= 4 is 27.6 Å². The Hall–Kier alpha value is -3.97. The number of aromatic nitrogens is 1. The molecule has 0 unspecified atom stereocenters. The van der Waals surface area contributed by atoms with Gasteiger partial charge in [0.2, 0.25) is 11.9 Å². The Bertz CT molecular complexity index is 1480. The van der Waals surface area contributed by atoms with E-state index in [9.17, 15) is 4.39 Å². The van der Waals surface area contributed by atoms with E-state index < -0.39 is 0 Å². The summed E-state index contributed by atoms with van der Waals surface area (Å²) < 4.78 is 21.8. The van der Waals surface area contributed by atoms with Crippen LogP contribution in [0.3, 0.4) is 0 Å². The Morgan fingerprint density at radius 2 is 1.77 bits per heavy atom. The molecule has 0 saturated carbocycles. The van der Waals surface area contributed by atoms with Gasteiger partial charge in [0.1, 0.15) is 18.2 Å². The van der Waals surface area contributed by atoms with Gasteiger partial charge >= 0.3 is 0 Å². The summed E-state index contributed by atoms with van der Waals surface area (Å²) in [7, 11) is 1.82. The molecular formula is C26H18FN2O+. The fourth-order valence-electron chi connectivity index (χ4n) is 4.07. The van der Waals surface area contributed by atoms with Crippen LogP contribution in [0.4, 0.5) is 10.1 Å². The van der Waals surface area contributed by atoms with Gasteiger partial charge in [-0.3, -0.25) is 0 Å². The summed E-state index contributed by atoms with van der Waals surface area (Å²) in [4.78, 5) is 3.77. The van der Waals surface area contributed by atoms with Crippen molar-refractivity contribution in [1.82, 2.24) is 0 Å². The molecule has 144 valence electrons. The predicted molar refractivity (Wildman–Crippen MR) is 117 cm³/mol. The van der Waals surface area contributed by atoms with E-state index in [4.69, 9.17) is 11.0 Å². The van der Waals surface area contributed by atoms with Crippen LogP contribution in [0.1, 0.15) is 5.56 Å². The lowest BCUT2D eigenvalue weighted by molar-refractivity contribution is -0.661. The van der Waals surface area contributed by atoms with Crippen molar-refractivity contribution in [2.24, 2.45) is 7.05 Å². The third kappa shape index (κ3) is 2.75. The number of rotatable bonds is 2. The van der Waals surface area contributed by atoms with Crippen LogP contribution >= 0.6 is 0 Å². The molecule has 0 aliphatic rings. The van der Waals surface area contributed by atoms with Crippen LogP contribution in [-0.2, 0) is 7.05 Å². The van der Waals surface area contributed by atoms with Crippen LogP contribution in [0.5, 0.6) is 0 Å². The summed E-state index contributed by atoms with van der Waals surface area (Å²) in [6.45, 7) is 9.70. The topological polar surface area (TPSA) is 21.4 Å². The van der Waals surface area contributed by atoms with Crippen molar-refractivity contribution in [1.29, 1.82) is 0 Å². The van der Waals surface area contributed by atoms with Gasteiger partial charge in [-0.05, 0) is 41.8 Å². The van der Waals surface area contributed by atoms with Crippen LogP contribution in [0.15, 0.2) is 77.3 Å². The number of hydrogen-bond donors (Lipinski definition) is 0. The second kappa shape index (κ2) is 6.82. The molecule has 0 saturated heterocycles. The average molecular weight is 393 g/mol. The molecule has 2 aromatic heterocycles. The number of fused-ring (bicyclic) bond motifs is 3. The largest absolute Gasteiger partial charge is 0.455 e. The molecule has 0 bridgehead atoms. The lowest BCUT2D eigenvalue weighted by Gasteiger charge is -2.05. The highest BCUT2D eigenvalue weighted by Crippen LogP contribution is 2.41. The minimum atomic E-state index is -0.287. The minimum absolute atomic E-state index is 0.287. The van der Waals surface area contributed by atoms with Crippen molar-refractivity contribution in [3.8, 4) is 22.4 Å². The first-order chi connectivity index (χ1) is 14.6. The van der Waals surface area contributed by atoms with Crippen LogP contribution in [-0.4, -0.2) is 0 Å². The zero-order chi connectivity index (χ0) is 20.8. The fraction of sp³-hybridized carbons (Fsp3) is 0.0769. The molecule has 0 aliphatic heterocycles. The van der Waals surface area contributed by atoms with Gasteiger partial charge in [0.25, 0.3) is 0 Å². The van der Waals surface area contributed by atoms with Crippen LogP contribution < -0.4 is 4.57 Å². The Kier molecular flexibility index (Phi) is 4.11. The number of nitrogens with zero attached hydrogens (tertiary/aromatic N) is 2. The van der Waals surface area contributed by atoms with E-state index in [0.717, 1.165) is 49.9 Å². The molecule has 0 spiro atoms. The van der Waals surface area contributed by atoms with Gasteiger partial charge in [-0.25, -0.2) is 9.24 Å². The van der Waals surface area contributed by atoms with Crippen molar-refractivity contribution in [2.45, 2.75) is 6.92 Å². The molecular weight excluding hydrogens is 375 g/mol. The van der Waals surface area contributed by atoms with E-state index in [2.05, 4.69) is 4.85 Å². The van der Waals surface area contributed by atoms with E-state index in [0.29, 0.717) is 5.69 Å². The number of furan rings is 1. The summed E-state index contributed by atoms with van der Waals surface area (Å²) in [5, 5.41) is 1.85. The normalized spacial score (nSPS) is 11.1. The predicted octanol–water partition coefficient (Wildman–Crippen LogP) is 6.74. The van der Waals surface area contributed by atoms with E-state index in [1.165, 1.54) is 12.3 Å². The maximum absolute atomic E-state index is 13.7. The Morgan fingerprint density at radius 1 is 0.967 bits per heavy atom. The lowest BCUT2D eigenvalue weighted by atomic mass is 9.98. The summed E-state index contributed by atoms with van der Waals surface area (Å²) in [6, 6.07) is 21.0. The second-order valence-corrected chi connectivity index (χ2v) is 7.42. The molecule has 5 aromatic rings. The highest BCUT2D eigenvalue weighted by Gasteiger charge is 2.22. The van der Waals surface area contributed by atoms with Crippen molar-refractivity contribution in [2.75, 3.05) is 0 Å². The highest BCUT2D eigenvalue weighted by atomic mass is 19.1.